The Morgan fingerprint density at radius 2 is 1.78 bits per heavy atom. The van der Waals surface area contributed by atoms with Crippen molar-refractivity contribution >= 4 is 10.0 Å². The van der Waals surface area contributed by atoms with Gasteiger partial charge < -0.3 is 15.9 Å². The van der Waals surface area contributed by atoms with Crippen LogP contribution < -0.4 is 5.73 Å². The Morgan fingerprint density at radius 1 is 1.22 bits per heavy atom. The number of rotatable bonds is 3. The van der Waals surface area contributed by atoms with Crippen molar-refractivity contribution in [3.63, 3.8) is 0 Å². The van der Waals surface area contributed by atoms with E-state index in [0.29, 0.717) is 5.56 Å². The van der Waals surface area contributed by atoms with Crippen LogP contribution in [0.5, 0.6) is 0 Å². The van der Waals surface area contributed by atoms with E-state index in [9.17, 15) is 18.6 Å². The van der Waals surface area contributed by atoms with Gasteiger partial charge in [-0.2, -0.15) is 4.31 Å². The van der Waals surface area contributed by atoms with E-state index in [1.165, 1.54) is 6.07 Å². The number of β-amino-alcohol motifs (C(OH)–C–C–N with tert-alkyl or cyclic N) is 2. The number of hydrogen-bond acceptors (Lipinski definition) is 5. The first kappa shape index (κ1) is 13.4. The van der Waals surface area contributed by atoms with Gasteiger partial charge in [0, 0.05) is 19.6 Å². The van der Waals surface area contributed by atoms with Gasteiger partial charge in [0.15, 0.2) is 0 Å². The van der Waals surface area contributed by atoms with Crippen LogP contribution in [0, 0.1) is 0 Å². The molecule has 2 unspecified atom stereocenters. The SMILES string of the molecule is NCc1ccccc1S(=O)(=O)N1CC(O)C(O)C1. The van der Waals surface area contributed by atoms with E-state index in [1.807, 2.05) is 0 Å². The zero-order chi connectivity index (χ0) is 13.3. The second-order valence-electron chi connectivity index (χ2n) is 4.27. The standard InChI is InChI=1S/C11H16N2O4S/c12-5-8-3-1-2-4-11(8)18(16,17)13-6-9(14)10(15)7-13/h1-4,9-10,14-15H,5-7,12H2. The van der Waals surface area contributed by atoms with E-state index >= 15 is 0 Å². The summed E-state index contributed by atoms with van der Waals surface area (Å²) in [6, 6.07) is 6.47. The van der Waals surface area contributed by atoms with Gasteiger partial charge in [-0.3, -0.25) is 0 Å². The van der Waals surface area contributed by atoms with Crippen LogP contribution in [0.15, 0.2) is 29.2 Å². The molecule has 1 aliphatic rings. The summed E-state index contributed by atoms with van der Waals surface area (Å²) < 4.78 is 25.8. The third-order valence-electron chi connectivity index (χ3n) is 3.04. The van der Waals surface area contributed by atoms with Crippen molar-refractivity contribution < 1.29 is 18.6 Å². The van der Waals surface area contributed by atoms with Crippen LogP contribution in [0.25, 0.3) is 0 Å². The van der Waals surface area contributed by atoms with Crippen LogP contribution in [-0.4, -0.2) is 48.2 Å². The molecule has 100 valence electrons. The number of hydrogen-bond donors (Lipinski definition) is 3. The minimum Gasteiger partial charge on any atom is -0.389 e. The van der Waals surface area contributed by atoms with Crippen molar-refractivity contribution in [2.24, 2.45) is 5.73 Å². The molecule has 1 heterocycles. The molecule has 6 nitrogen and oxygen atoms in total. The summed E-state index contributed by atoms with van der Waals surface area (Å²) >= 11 is 0. The zero-order valence-corrected chi connectivity index (χ0v) is 10.5. The van der Waals surface area contributed by atoms with Crippen LogP contribution >= 0.6 is 0 Å². The second-order valence-corrected chi connectivity index (χ2v) is 6.17. The minimum atomic E-state index is -3.71. The van der Waals surface area contributed by atoms with Crippen molar-refractivity contribution in [2.75, 3.05) is 13.1 Å². The normalized spacial score (nSPS) is 25.5. The Kier molecular flexibility index (Phi) is 3.69. The fraction of sp³-hybridized carbons (Fsp3) is 0.455. The van der Waals surface area contributed by atoms with Gasteiger partial charge in [0.1, 0.15) is 0 Å². The van der Waals surface area contributed by atoms with Crippen molar-refractivity contribution in [3.8, 4) is 0 Å². The average Bonchev–Trinajstić information content (AvgIpc) is 2.70. The lowest BCUT2D eigenvalue weighted by Gasteiger charge is -2.17. The highest BCUT2D eigenvalue weighted by Crippen LogP contribution is 2.23. The molecular weight excluding hydrogens is 256 g/mol. The molecule has 4 N–H and O–H groups in total. The Bertz CT molecular complexity index is 522. The minimum absolute atomic E-state index is 0.0948. The molecule has 1 fully saturated rings. The Labute approximate surface area is 106 Å². The Balaban J connectivity index is 2.37. The summed E-state index contributed by atoms with van der Waals surface area (Å²) in [6.07, 6.45) is -2.07. The summed E-state index contributed by atoms with van der Waals surface area (Å²) in [4.78, 5) is 0.133. The summed E-state index contributed by atoms with van der Waals surface area (Å²) in [5, 5.41) is 18.8. The molecule has 1 aromatic rings. The molecule has 0 amide bonds. The Hall–Kier alpha value is -0.990. The van der Waals surface area contributed by atoms with Gasteiger partial charge in [0.05, 0.1) is 17.1 Å². The van der Waals surface area contributed by atoms with Crippen molar-refractivity contribution in [1.82, 2.24) is 4.31 Å². The second kappa shape index (κ2) is 4.94. The highest BCUT2D eigenvalue weighted by atomic mass is 32.2. The van der Waals surface area contributed by atoms with E-state index in [-0.39, 0.29) is 24.5 Å². The smallest absolute Gasteiger partial charge is 0.243 e. The van der Waals surface area contributed by atoms with Crippen LogP contribution in [0.4, 0.5) is 0 Å². The number of benzene rings is 1. The maximum atomic E-state index is 12.4. The number of aliphatic hydroxyl groups excluding tert-OH is 2. The lowest BCUT2D eigenvalue weighted by molar-refractivity contribution is 0.0572. The highest BCUT2D eigenvalue weighted by Gasteiger charge is 2.38. The van der Waals surface area contributed by atoms with Gasteiger partial charge in [-0.05, 0) is 11.6 Å². The summed E-state index contributed by atoms with van der Waals surface area (Å²) in [7, 11) is -3.71. The molecule has 7 heteroatoms. The molecule has 18 heavy (non-hydrogen) atoms. The van der Waals surface area contributed by atoms with Gasteiger partial charge >= 0.3 is 0 Å². The fourth-order valence-electron chi connectivity index (χ4n) is 1.99. The molecule has 2 rings (SSSR count). The summed E-state index contributed by atoms with van der Waals surface area (Å²) in [5.74, 6) is 0. The van der Waals surface area contributed by atoms with E-state index in [4.69, 9.17) is 5.73 Å². The largest absolute Gasteiger partial charge is 0.389 e. The quantitative estimate of drug-likeness (QED) is 0.646. The average molecular weight is 272 g/mol. The maximum Gasteiger partial charge on any atom is 0.243 e. The van der Waals surface area contributed by atoms with E-state index in [1.54, 1.807) is 18.2 Å². The van der Waals surface area contributed by atoms with Gasteiger partial charge in [-0.25, -0.2) is 8.42 Å². The topological polar surface area (TPSA) is 104 Å². The first-order valence-electron chi connectivity index (χ1n) is 5.61. The molecule has 0 radical (unpaired) electrons. The molecule has 0 saturated carbocycles. The zero-order valence-electron chi connectivity index (χ0n) is 9.73. The molecule has 1 aliphatic heterocycles. The van der Waals surface area contributed by atoms with Crippen molar-refractivity contribution in [3.05, 3.63) is 29.8 Å². The first-order valence-corrected chi connectivity index (χ1v) is 7.05. The van der Waals surface area contributed by atoms with Crippen LogP contribution in [-0.2, 0) is 16.6 Å². The van der Waals surface area contributed by atoms with Crippen LogP contribution in [0.1, 0.15) is 5.56 Å². The van der Waals surface area contributed by atoms with Crippen molar-refractivity contribution in [1.29, 1.82) is 0 Å². The molecular formula is C11H16N2O4S. The summed E-state index contributed by atoms with van der Waals surface area (Å²) in [5.41, 5.74) is 6.04. The monoisotopic (exact) mass is 272 g/mol. The molecule has 2 atom stereocenters. The van der Waals surface area contributed by atoms with Gasteiger partial charge in [0.25, 0.3) is 0 Å². The molecule has 0 aliphatic carbocycles. The van der Waals surface area contributed by atoms with Gasteiger partial charge in [-0.15, -0.1) is 0 Å². The summed E-state index contributed by atoms with van der Waals surface area (Å²) in [6.45, 7) is -0.0703. The van der Waals surface area contributed by atoms with Gasteiger partial charge in [-0.1, -0.05) is 18.2 Å². The molecule has 0 aromatic heterocycles. The predicted molar refractivity (Wildman–Crippen MR) is 65.1 cm³/mol. The predicted octanol–water partition coefficient (Wildman–Crippen LogP) is -1.13. The third kappa shape index (κ3) is 2.27. The van der Waals surface area contributed by atoms with Gasteiger partial charge in [0.2, 0.25) is 10.0 Å². The molecule has 0 bridgehead atoms. The van der Waals surface area contributed by atoms with E-state index < -0.39 is 22.2 Å². The van der Waals surface area contributed by atoms with E-state index in [0.717, 1.165) is 4.31 Å². The number of aliphatic hydroxyl groups is 2. The lowest BCUT2D eigenvalue weighted by Crippen LogP contribution is -2.31. The fourth-order valence-corrected chi connectivity index (χ4v) is 3.70. The molecule has 1 aromatic carbocycles. The van der Waals surface area contributed by atoms with Crippen LogP contribution in [0.3, 0.4) is 0 Å². The lowest BCUT2D eigenvalue weighted by atomic mass is 10.2. The maximum absolute atomic E-state index is 12.4. The van der Waals surface area contributed by atoms with Crippen LogP contribution in [0.2, 0.25) is 0 Å². The number of nitrogens with zero attached hydrogens (tertiary/aromatic N) is 1. The highest BCUT2D eigenvalue weighted by molar-refractivity contribution is 7.89. The van der Waals surface area contributed by atoms with E-state index in [2.05, 4.69) is 0 Å². The van der Waals surface area contributed by atoms with Crippen molar-refractivity contribution in [2.45, 2.75) is 23.6 Å². The number of nitrogens with two attached hydrogens (primary N) is 1. The molecule has 1 saturated heterocycles. The number of sulfonamides is 1. The third-order valence-corrected chi connectivity index (χ3v) is 4.97. The molecule has 0 spiro atoms. The first-order chi connectivity index (χ1) is 8.46. The Morgan fingerprint density at radius 3 is 2.33 bits per heavy atom.